The second-order valence-corrected chi connectivity index (χ2v) is 4.93. The van der Waals surface area contributed by atoms with Gasteiger partial charge in [-0.1, -0.05) is 19.1 Å². The van der Waals surface area contributed by atoms with E-state index in [0.29, 0.717) is 6.54 Å². The van der Waals surface area contributed by atoms with E-state index in [0.717, 1.165) is 11.3 Å². The molecule has 1 unspecified atom stereocenters. The summed E-state index contributed by atoms with van der Waals surface area (Å²) in [6, 6.07) is 7.41. The smallest absolute Gasteiger partial charge is 0.304 e. The Morgan fingerprint density at radius 2 is 2.10 bits per heavy atom. The molecule has 5 heteroatoms. The van der Waals surface area contributed by atoms with Gasteiger partial charge in [-0.05, 0) is 38.1 Å². The van der Waals surface area contributed by atoms with Crippen LogP contribution in [0.3, 0.4) is 0 Å². The normalized spacial score (nSPS) is 12.2. The zero-order chi connectivity index (χ0) is 15.1. The summed E-state index contributed by atoms with van der Waals surface area (Å²) >= 11 is 0. The molecule has 1 aromatic carbocycles. The number of carbonyl (C=O) groups excluding carboxylic acids is 1. The van der Waals surface area contributed by atoms with E-state index in [1.807, 2.05) is 49.9 Å². The fourth-order valence-electron chi connectivity index (χ4n) is 2.07. The fraction of sp³-hybridized carbons (Fsp3) is 0.467. The Morgan fingerprint density at radius 3 is 2.65 bits per heavy atom. The van der Waals surface area contributed by atoms with Crippen LogP contribution in [0.25, 0.3) is 0 Å². The molecule has 0 heterocycles. The number of likely N-dealkylation sites (N-methyl/N-ethyl adjacent to an activating group) is 1. The Morgan fingerprint density at radius 1 is 1.40 bits per heavy atom. The molecule has 0 bridgehead atoms. The third kappa shape index (κ3) is 5.40. The van der Waals surface area contributed by atoms with Gasteiger partial charge in [0, 0.05) is 11.7 Å². The Labute approximate surface area is 119 Å². The van der Waals surface area contributed by atoms with E-state index in [4.69, 9.17) is 5.11 Å². The summed E-state index contributed by atoms with van der Waals surface area (Å²) in [5, 5.41) is 11.6. The van der Waals surface area contributed by atoms with E-state index in [2.05, 4.69) is 5.32 Å². The maximum Gasteiger partial charge on any atom is 0.304 e. The molecule has 0 aromatic heterocycles. The van der Waals surface area contributed by atoms with Gasteiger partial charge < -0.3 is 10.4 Å². The van der Waals surface area contributed by atoms with Crippen LogP contribution >= 0.6 is 0 Å². The second-order valence-electron chi connectivity index (χ2n) is 4.93. The molecule has 5 nitrogen and oxygen atoms in total. The first kappa shape index (κ1) is 16.2. The molecular weight excluding hydrogens is 256 g/mol. The Balaban J connectivity index is 2.57. The molecule has 0 aliphatic carbocycles. The summed E-state index contributed by atoms with van der Waals surface area (Å²) in [6.45, 7) is 6.52. The predicted molar refractivity (Wildman–Crippen MR) is 78.8 cm³/mol. The van der Waals surface area contributed by atoms with Crippen molar-refractivity contribution in [3.05, 3.63) is 29.8 Å². The average Bonchev–Trinajstić information content (AvgIpc) is 2.34. The van der Waals surface area contributed by atoms with Crippen LogP contribution in [0.15, 0.2) is 24.3 Å². The summed E-state index contributed by atoms with van der Waals surface area (Å²) in [7, 11) is 0. The second kappa shape index (κ2) is 7.65. The highest BCUT2D eigenvalue weighted by Gasteiger charge is 2.18. The van der Waals surface area contributed by atoms with Gasteiger partial charge in [0.15, 0.2) is 0 Å². The van der Waals surface area contributed by atoms with E-state index < -0.39 is 5.97 Å². The van der Waals surface area contributed by atoms with E-state index in [1.165, 1.54) is 0 Å². The van der Waals surface area contributed by atoms with Crippen LogP contribution in [-0.4, -0.2) is 41.0 Å². The van der Waals surface area contributed by atoms with Gasteiger partial charge in [0.05, 0.1) is 13.0 Å². The molecular formula is C15H22N2O3. The Hall–Kier alpha value is -1.88. The lowest BCUT2D eigenvalue weighted by Gasteiger charge is -2.25. The Bertz CT molecular complexity index is 474. The number of aliphatic carboxylic acids is 1. The molecule has 0 saturated carbocycles. The largest absolute Gasteiger partial charge is 0.481 e. The summed E-state index contributed by atoms with van der Waals surface area (Å²) in [5.74, 6) is -0.982. The first-order valence-corrected chi connectivity index (χ1v) is 6.74. The molecule has 0 aliphatic rings. The number of anilines is 1. The van der Waals surface area contributed by atoms with Crippen molar-refractivity contribution < 1.29 is 14.7 Å². The topological polar surface area (TPSA) is 69.6 Å². The minimum atomic E-state index is -0.852. The lowest BCUT2D eigenvalue weighted by atomic mass is 10.2. The number of carboxylic acids is 1. The number of amides is 1. The zero-order valence-corrected chi connectivity index (χ0v) is 12.2. The van der Waals surface area contributed by atoms with Gasteiger partial charge in [-0.2, -0.15) is 0 Å². The van der Waals surface area contributed by atoms with Crippen LogP contribution in [0.5, 0.6) is 0 Å². The third-order valence-electron chi connectivity index (χ3n) is 3.15. The maximum absolute atomic E-state index is 12.0. The maximum atomic E-state index is 12.0. The predicted octanol–water partition coefficient (Wildman–Crippen LogP) is 2.12. The standard InChI is InChI=1S/C15H22N2O3/c1-4-17(12(3)9-15(19)20)10-14(18)16-13-7-5-6-11(2)8-13/h5-8,12H,4,9-10H2,1-3H3,(H,16,18)(H,19,20). The molecule has 1 rings (SSSR count). The van der Waals surface area contributed by atoms with Gasteiger partial charge in [-0.15, -0.1) is 0 Å². The molecule has 0 fully saturated rings. The highest BCUT2D eigenvalue weighted by molar-refractivity contribution is 5.92. The lowest BCUT2D eigenvalue weighted by Crippen LogP contribution is -2.40. The molecule has 1 atom stereocenters. The van der Waals surface area contributed by atoms with Crippen LogP contribution < -0.4 is 5.32 Å². The first-order valence-electron chi connectivity index (χ1n) is 6.74. The third-order valence-corrected chi connectivity index (χ3v) is 3.15. The molecule has 20 heavy (non-hydrogen) atoms. The monoisotopic (exact) mass is 278 g/mol. The van der Waals surface area contributed by atoms with Crippen molar-refractivity contribution in [2.24, 2.45) is 0 Å². The quantitative estimate of drug-likeness (QED) is 0.801. The summed E-state index contributed by atoms with van der Waals surface area (Å²) in [6.07, 6.45) is 0.0333. The number of hydrogen-bond donors (Lipinski definition) is 2. The van der Waals surface area contributed by atoms with E-state index in [9.17, 15) is 9.59 Å². The van der Waals surface area contributed by atoms with Gasteiger partial charge in [0.2, 0.25) is 5.91 Å². The van der Waals surface area contributed by atoms with Gasteiger partial charge in [0.1, 0.15) is 0 Å². The summed E-state index contributed by atoms with van der Waals surface area (Å²) < 4.78 is 0. The van der Waals surface area contributed by atoms with Gasteiger partial charge in [-0.25, -0.2) is 0 Å². The van der Waals surface area contributed by atoms with Gasteiger partial charge in [0.25, 0.3) is 0 Å². The number of carbonyl (C=O) groups is 2. The summed E-state index contributed by atoms with van der Waals surface area (Å²) in [5.41, 5.74) is 1.84. The fourth-order valence-corrected chi connectivity index (χ4v) is 2.07. The molecule has 2 N–H and O–H groups in total. The molecule has 0 saturated heterocycles. The molecule has 1 aromatic rings. The van der Waals surface area contributed by atoms with E-state index >= 15 is 0 Å². The Kier molecular flexibility index (Phi) is 6.18. The van der Waals surface area contributed by atoms with Crippen molar-refractivity contribution >= 4 is 17.6 Å². The number of aryl methyl sites for hydroxylation is 1. The average molecular weight is 278 g/mol. The molecule has 0 radical (unpaired) electrons. The molecule has 0 spiro atoms. The van der Waals surface area contributed by atoms with Crippen molar-refractivity contribution in [1.82, 2.24) is 4.90 Å². The SMILES string of the molecule is CCN(CC(=O)Nc1cccc(C)c1)C(C)CC(=O)O. The van der Waals surface area contributed by atoms with Crippen LogP contribution in [0, 0.1) is 6.92 Å². The van der Waals surface area contributed by atoms with Gasteiger partial charge >= 0.3 is 5.97 Å². The van der Waals surface area contributed by atoms with Gasteiger partial charge in [-0.3, -0.25) is 14.5 Å². The minimum Gasteiger partial charge on any atom is -0.481 e. The molecule has 110 valence electrons. The van der Waals surface area contributed by atoms with E-state index in [-0.39, 0.29) is 24.9 Å². The number of rotatable bonds is 7. The van der Waals surface area contributed by atoms with E-state index in [1.54, 1.807) is 0 Å². The summed E-state index contributed by atoms with van der Waals surface area (Å²) in [4.78, 5) is 24.5. The minimum absolute atomic E-state index is 0.0333. The highest BCUT2D eigenvalue weighted by atomic mass is 16.4. The van der Waals surface area contributed by atoms with Crippen LogP contribution in [0.1, 0.15) is 25.8 Å². The highest BCUT2D eigenvalue weighted by Crippen LogP contribution is 2.10. The van der Waals surface area contributed by atoms with Crippen LogP contribution in [-0.2, 0) is 9.59 Å². The van der Waals surface area contributed by atoms with Crippen LogP contribution in [0.4, 0.5) is 5.69 Å². The zero-order valence-electron chi connectivity index (χ0n) is 12.2. The van der Waals surface area contributed by atoms with Crippen LogP contribution in [0.2, 0.25) is 0 Å². The van der Waals surface area contributed by atoms with Crippen molar-refractivity contribution in [3.8, 4) is 0 Å². The lowest BCUT2D eigenvalue weighted by molar-refractivity contribution is -0.138. The van der Waals surface area contributed by atoms with Crippen molar-refractivity contribution in [2.45, 2.75) is 33.2 Å². The number of benzene rings is 1. The number of hydrogen-bond acceptors (Lipinski definition) is 3. The number of carboxylic acid groups (broad SMARTS) is 1. The van der Waals surface area contributed by atoms with Crippen molar-refractivity contribution in [1.29, 1.82) is 0 Å². The number of nitrogens with zero attached hydrogens (tertiary/aromatic N) is 1. The van der Waals surface area contributed by atoms with Crippen molar-refractivity contribution in [2.75, 3.05) is 18.4 Å². The molecule has 1 amide bonds. The molecule has 0 aliphatic heterocycles. The van der Waals surface area contributed by atoms with Crippen molar-refractivity contribution in [3.63, 3.8) is 0 Å². The first-order chi connectivity index (χ1) is 9.42. The number of nitrogens with one attached hydrogen (secondary N) is 1.